The molecular weight excluding hydrogens is 292 g/mol. The van der Waals surface area contributed by atoms with Gasteiger partial charge in [0.15, 0.2) is 0 Å². The van der Waals surface area contributed by atoms with E-state index in [1.807, 2.05) is 36.4 Å². The van der Waals surface area contributed by atoms with Crippen molar-refractivity contribution >= 4 is 17.9 Å². The molecule has 2 rings (SSSR count). The molecule has 0 aliphatic heterocycles. The van der Waals surface area contributed by atoms with Gasteiger partial charge in [0, 0.05) is 12.1 Å². The minimum atomic E-state index is -0.452. The maximum atomic E-state index is 12.2. The van der Waals surface area contributed by atoms with Crippen molar-refractivity contribution in [1.29, 1.82) is 0 Å². The second-order valence-corrected chi connectivity index (χ2v) is 4.77. The Morgan fingerprint density at radius 3 is 2.17 bits per heavy atom. The van der Waals surface area contributed by atoms with E-state index in [2.05, 4.69) is 10.6 Å². The largest absolute Gasteiger partial charge is 0.395 e. The highest BCUT2D eigenvalue weighted by Crippen LogP contribution is 2.07. The van der Waals surface area contributed by atoms with Crippen molar-refractivity contribution in [3.8, 4) is 0 Å². The Balaban J connectivity index is 2.21. The van der Waals surface area contributed by atoms with Gasteiger partial charge in [-0.3, -0.25) is 9.59 Å². The average Bonchev–Trinajstić information content (AvgIpc) is 2.60. The first-order valence-electron chi connectivity index (χ1n) is 7.23. The highest BCUT2D eigenvalue weighted by Gasteiger charge is 2.13. The van der Waals surface area contributed by atoms with Gasteiger partial charge in [-0.25, -0.2) is 0 Å². The fourth-order valence-corrected chi connectivity index (χ4v) is 1.92. The molecular formula is C18H18N2O3. The van der Waals surface area contributed by atoms with Crippen LogP contribution in [-0.2, 0) is 4.79 Å². The third-order valence-corrected chi connectivity index (χ3v) is 3.04. The van der Waals surface area contributed by atoms with Crippen molar-refractivity contribution < 1.29 is 14.7 Å². The van der Waals surface area contributed by atoms with Gasteiger partial charge < -0.3 is 15.7 Å². The first kappa shape index (κ1) is 16.5. The molecule has 3 N–H and O–H groups in total. The van der Waals surface area contributed by atoms with Crippen molar-refractivity contribution in [3.63, 3.8) is 0 Å². The maximum Gasteiger partial charge on any atom is 0.267 e. The summed E-state index contributed by atoms with van der Waals surface area (Å²) in [5, 5.41) is 14.0. The first-order valence-corrected chi connectivity index (χ1v) is 7.23. The smallest absolute Gasteiger partial charge is 0.267 e. The Hall–Kier alpha value is -2.92. The Kier molecular flexibility index (Phi) is 6.08. The molecule has 0 aliphatic carbocycles. The quantitative estimate of drug-likeness (QED) is 0.709. The molecule has 0 spiro atoms. The zero-order valence-electron chi connectivity index (χ0n) is 12.5. The number of aliphatic hydroxyl groups excluding tert-OH is 1. The van der Waals surface area contributed by atoms with Gasteiger partial charge in [0.05, 0.1) is 6.61 Å². The van der Waals surface area contributed by atoms with Crippen molar-refractivity contribution in [2.24, 2.45) is 0 Å². The number of aliphatic hydroxyl groups is 1. The summed E-state index contributed by atoms with van der Waals surface area (Å²) in [6.45, 7) is -0.0524. The van der Waals surface area contributed by atoms with Crippen LogP contribution < -0.4 is 10.6 Å². The molecule has 0 aliphatic rings. The molecule has 0 radical (unpaired) electrons. The van der Waals surface area contributed by atoms with Crippen LogP contribution in [-0.4, -0.2) is 30.1 Å². The molecule has 2 aromatic carbocycles. The van der Waals surface area contributed by atoms with Crippen LogP contribution in [0.2, 0.25) is 0 Å². The van der Waals surface area contributed by atoms with Gasteiger partial charge in [-0.15, -0.1) is 0 Å². The van der Waals surface area contributed by atoms with Gasteiger partial charge in [0.2, 0.25) is 0 Å². The molecule has 2 amide bonds. The molecule has 0 fully saturated rings. The maximum absolute atomic E-state index is 12.2. The van der Waals surface area contributed by atoms with Crippen LogP contribution in [0.4, 0.5) is 0 Å². The molecule has 0 atom stereocenters. The summed E-state index contributed by atoms with van der Waals surface area (Å²) < 4.78 is 0. The fraction of sp³-hybridized carbons (Fsp3) is 0.111. The van der Waals surface area contributed by atoms with Gasteiger partial charge in [-0.05, 0) is 23.8 Å². The van der Waals surface area contributed by atoms with Crippen LogP contribution in [0.5, 0.6) is 0 Å². The van der Waals surface area contributed by atoms with E-state index in [4.69, 9.17) is 5.11 Å². The van der Waals surface area contributed by atoms with Crippen LogP contribution in [0.15, 0.2) is 66.4 Å². The number of rotatable bonds is 6. The highest BCUT2D eigenvalue weighted by atomic mass is 16.3. The molecule has 23 heavy (non-hydrogen) atoms. The minimum Gasteiger partial charge on any atom is -0.395 e. The van der Waals surface area contributed by atoms with Crippen LogP contribution in [0.3, 0.4) is 0 Å². The van der Waals surface area contributed by atoms with E-state index in [-0.39, 0.29) is 24.8 Å². The number of benzene rings is 2. The second-order valence-electron chi connectivity index (χ2n) is 4.77. The standard InChI is InChI=1S/C18H18N2O3/c21-12-11-19-18(23)16(13-14-7-3-1-4-8-14)20-17(22)15-9-5-2-6-10-15/h1-10,13,21H,11-12H2,(H,19,23)(H,20,22)/b16-13-. The molecule has 2 aromatic rings. The number of hydrogen-bond acceptors (Lipinski definition) is 3. The molecule has 118 valence electrons. The lowest BCUT2D eigenvalue weighted by molar-refractivity contribution is -0.117. The highest BCUT2D eigenvalue weighted by molar-refractivity contribution is 6.05. The topological polar surface area (TPSA) is 78.4 Å². The number of carbonyl (C=O) groups is 2. The molecule has 0 heterocycles. The second kappa shape index (κ2) is 8.51. The van der Waals surface area contributed by atoms with Crippen LogP contribution >= 0.6 is 0 Å². The summed E-state index contributed by atoms with van der Waals surface area (Å²) in [4.78, 5) is 24.4. The number of carbonyl (C=O) groups excluding carboxylic acids is 2. The predicted octanol–water partition coefficient (Wildman–Crippen LogP) is 1.57. The molecule has 0 aromatic heterocycles. The lowest BCUT2D eigenvalue weighted by Gasteiger charge is -2.10. The number of nitrogens with one attached hydrogen (secondary N) is 2. The Morgan fingerprint density at radius 2 is 1.57 bits per heavy atom. The third-order valence-electron chi connectivity index (χ3n) is 3.04. The van der Waals surface area contributed by atoms with Crippen LogP contribution in [0, 0.1) is 0 Å². The SMILES string of the molecule is O=C(NCCO)/C(=C/c1ccccc1)NC(=O)c1ccccc1. The van der Waals surface area contributed by atoms with Crippen molar-refractivity contribution in [1.82, 2.24) is 10.6 Å². The van der Waals surface area contributed by atoms with Gasteiger partial charge in [0.25, 0.3) is 11.8 Å². The van der Waals surface area contributed by atoms with E-state index >= 15 is 0 Å². The van der Waals surface area contributed by atoms with Crippen LogP contribution in [0.1, 0.15) is 15.9 Å². The summed E-state index contributed by atoms with van der Waals surface area (Å²) >= 11 is 0. The lowest BCUT2D eigenvalue weighted by Crippen LogP contribution is -2.36. The minimum absolute atomic E-state index is 0.117. The van der Waals surface area contributed by atoms with Crippen LogP contribution in [0.25, 0.3) is 6.08 Å². The normalized spacial score (nSPS) is 10.9. The van der Waals surface area contributed by atoms with Gasteiger partial charge in [-0.2, -0.15) is 0 Å². The fourth-order valence-electron chi connectivity index (χ4n) is 1.92. The number of hydrogen-bond donors (Lipinski definition) is 3. The summed E-state index contributed by atoms with van der Waals surface area (Å²) in [6.07, 6.45) is 1.59. The van der Waals surface area contributed by atoms with E-state index in [0.29, 0.717) is 5.56 Å². The van der Waals surface area contributed by atoms with E-state index in [0.717, 1.165) is 5.56 Å². The number of amides is 2. The monoisotopic (exact) mass is 310 g/mol. The van der Waals surface area contributed by atoms with Crippen molar-refractivity contribution in [2.45, 2.75) is 0 Å². The van der Waals surface area contributed by atoms with Gasteiger partial charge in [-0.1, -0.05) is 48.5 Å². The molecule has 5 heteroatoms. The molecule has 0 unspecified atom stereocenters. The first-order chi connectivity index (χ1) is 11.2. The Bertz CT molecular complexity index is 682. The molecule has 0 saturated carbocycles. The van der Waals surface area contributed by atoms with E-state index < -0.39 is 5.91 Å². The van der Waals surface area contributed by atoms with Crippen molar-refractivity contribution in [2.75, 3.05) is 13.2 Å². The zero-order valence-corrected chi connectivity index (χ0v) is 12.5. The molecule has 5 nitrogen and oxygen atoms in total. The summed E-state index contributed by atoms with van der Waals surface area (Å²) in [6, 6.07) is 17.9. The van der Waals surface area contributed by atoms with Crippen molar-refractivity contribution in [3.05, 3.63) is 77.5 Å². The zero-order chi connectivity index (χ0) is 16.5. The predicted molar refractivity (Wildman–Crippen MR) is 88.4 cm³/mol. The van der Waals surface area contributed by atoms with E-state index in [1.165, 1.54) is 0 Å². The van der Waals surface area contributed by atoms with Gasteiger partial charge >= 0.3 is 0 Å². The van der Waals surface area contributed by atoms with E-state index in [9.17, 15) is 9.59 Å². The summed E-state index contributed by atoms with van der Waals surface area (Å²) in [5.41, 5.74) is 1.37. The Morgan fingerprint density at radius 1 is 0.957 bits per heavy atom. The third kappa shape index (κ3) is 5.09. The summed E-state index contributed by atoms with van der Waals surface area (Å²) in [5.74, 6) is -0.820. The molecule has 0 bridgehead atoms. The lowest BCUT2D eigenvalue weighted by atomic mass is 10.1. The molecule has 0 saturated heterocycles. The van der Waals surface area contributed by atoms with E-state index in [1.54, 1.807) is 30.3 Å². The van der Waals surface area contributed by atoms with Gasteiger partial charge in [0.1, 0.15) is 5.70 Å². The Labute approximate surface area is 134 Å². The summed E-state index contributed by atoms with van der Waals surface area (Å²) in [7, 11) is 0. The average molecular weight is 310 g/mol.